The van der Waals surface area contributed by atoms with E-state index in [1.54, 1.807) is 4.31 Å². The van der Waals surface area contributed by atoms with E-state index in [1.807, 2.05) is 0 Å². The van der Waals surface area contributed by atoms with Gasteiger partial charge in [-0.3, -0.25) is 0 Å². The largest absolute Gasteiger partial charge is 0.316 e. The van der Waals surface area contributed by atoms with Crippen LogP contribution in [0.3, 0.4) is 0 Å². The van der Waals surface area contributed by atoms with Crippen LogP contribution in [0, 0.1) is 17.8 Å². The number of hydrogen-bond donors (Lipinski definition) is 2. The second-order valence-corrected chi connectivity index (χ2v) is 8.60. The van der Waals surface area contributed by atoms with E-state index in [9.17, 15) is 8.42 Å². The lowest BCUT2D eigenvalue weighted by atomic mass is 9.79. The Bertz CT molecular complexity index is 432. The summed E-state index contributed by atoms with van der Waals surface area (Å²) in [6.45, 7) is 5.73. The zero-order valence-electron chi connectivity index (χ0n) is 12.3. The first-order chi connectivity index (χ1) is 9.54. The first-order valence-electron chi connectivity index (χ1n) is 8.02. The van der Waals surface area contributed by atoms with E-state index < -0.39 is 10.2 Å². The molecule has 1 aliphatic carbocycles. The summed E-state index contributed by atoms with van der Waals surface area (Å²) >= 11 is 0. The first kappa shape index (κ1) is 14.8. The van der Waals surface area contributed by atoms with Crippen LogP contribution >= 0.6 is 0 Å². The van der Waals surface area contributed by atoms with Gasteiger partial charge in [0.25, 0.3) is 10.2 Å². The van der Waals surface area contributed by atoms with Crippen molar-refractivity contribution in [2.45, 2.75) is 45.1 Å². The van der Waals surface area contributed by atoms with Gasteiger partial charge < -0.3 is 5.32 Å². The molecule has 6 heteroatoms. The highest BCUT2D eigenvalue weighted by molar-refractivity contribution is 7.87. The molecule has 3 fully saturated rings. The predicted molar refractivity (Wildman–Crippen MR) is 79.5 cm³/mol. The minimum absolute atomic E-state index is 0.139. The van der Waals surface area contributed by atoms with Gasteiger partial charge in [0.1, 0.15) is 0 Å². The molecule has 0 aromatic heterocycles. The molecule has 2 aliphatic heterocycles. The molecule has 2 saturated heterocycles. The predicted octanol–water partition coefficient (Wildman–Crippen LogP) is 0.941. The van der Waals surface area contributed by atoms with Gasteiger partial charge in [0, 0.05) is 19.1 Å². The van der Waals surface area contributed by atoms with Crippen LogP contribution in [0.1, 0.15) is 39.0 Å². The Morgan fingerprint density at radius 1 is 1.05 bits per heavy atom. The standard InChI is InChI=1S/C14H27N3O2S/c1-11-4-6-17(7-5-11)20(18,19)16-14-3-2-12-9-15-10-13(12)8-14/h11-16H,2-10H2,1H3/t12-,13+,14?/m0/s1. The average molecular weight is 301 g/mol. The van der Waals surface area contributed by atoms with E-state index in [2.05, 4.69) is 17.0 Å². The highest BCUT2D eigenvalue weighted by atomic mass is 32.2. The Morgan fingerprint density at radius 3 is 2.50 bits per heavy atom. The zero-order valence-corrected chi connectivity index (χ0v) is 13.2. The molecular formula is C14H27N3O2S. The van der Waals surface area contributed by atoms with E-state index in [0.29, 0.717) is 24.9 Å². The van der Waals surface area contributed by atoms with Crippen molar-refractivity contribution in [1.29, 1.82) is 0 Å². The number of piperidine rings is 1. The van der Waals surface area contributed by atoms with Gasteiger partial charge in [-0.2, -0.15) is 17.4 Å². The van der Waals surface area contributed by atoms with E-state index in [-0.39, 0.29) is 6.04 Å². The van der Waals surface area contributed by atoms with Gasteiger partial charge >= 0.3 is 0 Å². The molecule has 20 heavy (non-hydrogen) atoms. The van der Waals surface area contributed by atoms with Crippen molar-refractivity contribution >= 4 is 10.2 Å². The Balaban J connectivity index is 1.56. The average Bonchev–Trinajstić information content (AvgIpc) is 2.86. The fourth-order valence-corrected chi connectivity index (χ4v) is 5.39. The fraction of sp³-hybridized carbons (Fsp3) is 1.00. The second-order valence-electron chi connectivity index (χ2n) is 6.89. The Hall–Kier alpha value is -0.170. The number of nitrogens with zero attached hydrogens (tertiary/aromatic N) is 1. The van der Waals surface area contributed by atoms with Crippen LogP contribution in [0.4, 0.5) is 0 Å². The summed E-state index contributed by atoms with van der Waals surface area (Å²) in [5, 5.41) is 3.43. The summed E-state index contributed by atoms with van der Waals surface area (Å²) in [5.41, 5.74) is 0. The van der Waals surface area contributed by atoms with Crippen LogP contribution in [0.5, 0.6) is 0 Å². The van der Waals surface area contributed by atoms with E-state index in [1.165, 1.54) is 0 Å². The maximum absolute atomic E-state index is 12.5. The van der Waals surface area contributed by atoms with Gasteiger partial charge in [-0.25, -0.2) is 0 Å². The molecule has 0 amide bonds. The van der Waals surface area contributed by atoms with Gasteiger partial charge in [0.15, 0.2) is 0 Å². The molecule has 2 heterocycles. The molecular weight excluding hydrogens is 274 g/mol. The van der Waals surface area contributed by atoms with Gasteiger partial charge in [-0.15, -0.1) is 0 Å². The summed E-state index contributed by atoms with van der Waals surface area (Å²) in [6, 6.07) is 0.139. The molecule has 2 N–H and O–H groups in total. The third-order valence-electron chi connectivity index (χ3n) is 5.35. The molecule has 116 valence electrons. The lowest BCUT2D eigenvalue weighted by Crippen LogP contribution is -2.49. The van der Waals surface area contributed by atoms with Crippen LogP contribution in [-0.2, 0) is 10.2 Å². The smallest absolute Gasteiger partial charge is 0.279 e. The normalized spacial score (nSPS) is 37.0. The minimum atomic E-state index is -3.27. The molecule has 5 nitrogen and oxygen atoms in total. The number of fused-ring (bicyclic) bond motifs is 1. The molecule has 3 rings (SSSR count). The maximum atomic E-state index is 12.5. The van der Waals surface area contributed by atoms with Crippen molar-refractivity contribution in [3.05, 3.63) is 0 Å². The zero-order chi connectivity index (χ0) is 14.2. The van der Waals surface area contributed by atoms with Gasteiger partial charge in [0.05, 0.1) is 0 Å². The molecule has 0 bridgehead atoms. The fourth-order valence-electron chi connectivity index (χ4n) is 3.92. The topological polar surface area (TPSA) is 61.4 Å². The highest BCUT2D eigenvalue weighted by Gasteiger charge is 2.36. The second kappa shape index (κ2) is 5.91. The van der Waals surface area contributed by atoms with Crippen LogP contribution in [0.2, 0.25) is 0 Å². The van der Waals surface area contributed by atoms with Gasteiger partial charge in [-0.05, 0) is 62.9 Å². The van der Waals surface area contributed by atoms with Crippen molar-refractivity contribution < 1.29 is 8.42 Å². The highest BCUT2D eigenvalue weighted by Crippen LogP contribution is 2.33. The SMILES string of the molecule is CC1CCN(S(=O)(=O)NC2CC[C@H]3CNC[C@H]3C2)CC1. The summed E-state index contributed by atoms with van der Waals surface area (Å²) in [7, 11) is -3.27. The Labute approximate surface area is 122 Å². The summed E-state index contributed by atoms with van der Waals surface area (Å²) in [5.74, 6) is 2.09. The summed E-state index contributed by atoms with van der Waals surface area (Å²) in [6.07, 6.45) is 5.12. The summed E-state index contributed by atoms with van der Waals surface area (Å²) < 4.78 is 29.5. The van der Waals surface area contributed by atoms with Crippen LogP contribution in [0.25, 0.3) is 0 Å². The quantitative estimate of drug-likeness (QED) is 0.815. The molecule has 0 aromatic rings. The monoisotopic (exact) mass is 301 g/mol. The lowest BCUT2D eigenvalue weighted by Gasteiger charge is -2.34. The molecule has 0 spiro atoms. The minimum Gasteiger partial charge on any atom is -0.316 e. The summed E-state index contributed by atoms with van der Waals surface area (Å²) in [4.78, 5) is 0. The molecule has 0 aromatic carbocycles. The molecule has 1 saturated carbocycles. The van der Waals surface area contributed by atoms with Crippen molar-refractivity contribution in [3.8, 4) is 0 Å². The first-order valence-corrected chi connectivity index (χ1v) is 9.47. The lowest BCUT2D eigenvalue weighted by molar-refractivity contribution is 0.249. The number of hydrogen-bond acceptors (Lipinski definition) is 3. The number of nitrogens with one attached hydrogen (secondary N) is 2. The van der Waals surface area contributed by atoms with Gasteiger partial charge in [-0.1, -0.05) is 6.92 Å². The van der Waals surface area contributed by atoms with Crippen LogP contribution in [-0.4, -0.2) is 44.9 Å². The van der Waals surface area contributed by atoms with Gasteiger partial charge in [0.2, 0.25) is 0 Å². The van der Waals surface area contributed by atoms with Crippen LogP contribution in [0.15, 0.2) is 0 Å². The van der Waals surface area contributed by atoms with E-state index in [4.69, 9.17) is 0 Å². The van der Waals surface area contributed by atoms with Crippen LogP contribution < -0.4 is 10.0 Å². The molecule has 0 radical (unpaired) electrons. The maximum Gasteiger partial charge on any atom is 0.279 e. The molecule has 3 aliphatic rings. The molecule has 3 atom stereocenters. The molecule has 1 unspecified atom stereocenters. The number of rotatable bonds is 3. The van der Waals surface area contributed by atoms with E-state index in [0.717, 1.165) is 51.1 Å². The van der Waals surface area contributed by atoms with Crippen molar-refractivity contribution in [2.24, 2.45) is 17.8 Å². The Kier molecular flexibility index (Phi) is 4.36. The van der Waals surface area contributed by atoms with Crippen molar-refractivity contribution in [2.75, 3.05) is 26.2 Å². The third-order valence-corrected chi connectivity index (χ3v) is 7.03. The van der Waals surface area contributed by atoms with E-state index >= 15 is 0 Å². The third kappa shape index (κ3) is 3.18. The van der Waals surface area contributed by atoms with Crippen molar-refractivity contribution in [3.63, 3.8) is 0 Å². The Morgan fingerprint density at radius 2 is 1.75 bits per heavy atom. The van der Waals surface area contributed by atoms with Crippen molar-refractivity contribution in [1.82, 2.24) is 14.3 Å².